The summed E-state index contributed by atoms with van der Waals surface area (Å²) in [5, 5.41) is 12.8. The van der Waals surface area contributed by atoms with E-state index in [2.05, 4.69) is 31.0 Å². The number of rotatable bonds is 13. The highest BCUT2D eigenvalue weighted by molar-refractivity contribution is 5.98. The Morgan fingerprint density at radius 1 is 1.18 bits per heavy atom. The summed E-state index contributed by atoms with van der Waals surface area (Å²) in [6, 6.07) is 5.38. The van der Waals surface area contributed by atoms with E-state index in [0.29, 0.717) is 18.2 Å². The summed E-state index contributed by atoms with van der Waals surface area (Å²) in [4.78, 5) is 32.7. The summed E-state index contributed by atoms with van der Waals surface area (Å²) in [6.07, 6.45) is 4.20. The predicted octanol–water partition coefficient (Wildman–Crippen LogP) is 2.69. The molecule has 3 rings (SSSR count). The molecule has 0 bridgehead atoms. The number of halogens is 1. The van der Waals surface area contributed by atoms with Crippen molar-refractivity contribution in [3.05, 3.63) is 54.2 Å². The number of aromatic nitrogens is 4. The van der Waals surface area contributed by atoms with Crippen molar-refractivity contribution in [1.82, 2.24) is 25.1 Å². The fraction of sp³-hybridized carbons (Fsp3) is 0.400. The number of ether oxygens (including phenoxy) is 3. The molecule has 1 atom stereocenters. The number of amides is 2. The molecule has 39 heavy (non-hydrogen) atoms. The lowest BCUT2D eigenvalue weighted by Gasteiger charge is -2.23. The van der Waals surface area contributed by atoms with Gasteiger partial charge >= 0.3 is 6.09 Å². The van der Waals surface area contributed by atoms with Crippen molar-refractivity contribution < 1.29 is 28.2 Å². The fourth-order valence-electron chi connectivity index (χ4n) is 3.32. The first kappa shape index (κ1) is 29.1. The molecule has 0 saturated heterocycles. The monoisotopic (exact) mass is 544 g/mol. The van der Waals surface area contributed by atoms with Crippen LogP contribution < -0.4 is 26.4 Å². The van der Waals surface area contributed by atoms with Crippen LogP contribution >= 0.6 is 0 Å². The van der Waals surface area contributed by atoms with E-state index in [4.69, 9.17) is 19.9 Å². The highest BCUT2D eigenvalue weighted by Crippen LogP contribution is 2.25. The number of hydrogen-bond acceptors (Lipinski definition) is 10. The molecule has 14 heteroatoms. The van der Waals surface area contributed by atoms with E-state index in [1.54, 1.807) is 63.2 Å². The Balaban J connectivity index is 1.83. The third-order valence-corrected chi connectivity index (χ3v) is 4.98. The quantitative estimate of drug-likeness (QED) is 0.235. The molecule has 2 amide bonds. The Bertz CT molecular complexity index is 1250. The van der Waals surface area contributed by atoms with E-state index < -0.39 is 29.5 Å². The van der Waals surface area contributed by atoms with Gasteiger partial charge in [0.05, 0.1) is 24.8 Å². The third kappa shape index (κ3) is 9.41. The number of hydrogen-bond donors (Lipinski definition) is 4. The fourth-order valence-corrected chi connectivity index (χ4v) is 3.32. The topological polar surface area (TPSA) is 168 Å². The van der Waals surface area contributed by atoms with Crippen LogP contribution in [0.4, 0.5) is 26.5 Å². The lowest BCUT2D eigenvalue weighted by atomic mass is 10.2. The van der Waals surface area contributed by atoms with Crippen LogP contribution in [0.15, 0.2) is 42.9 Å². The van der Waals surface area contributed by atoms with Crippen molar-refractivity contribution in [3.63, 3.8) is 0 Å². The van der Waals surface area contributed by atoms with Crippen molar-refractivity contribution in [2.24, 2.45) is 5.73 Å². The maximum absolute atomic E-state index is 15.1. The van der Waals surface area contributed by atoms with E-state index in [1.807, 2.05) is 0 Å². The molecule has 3 aromatic rings. The van der Waals surface area contributed by atoms with Gasteiger partial charge < -0.3 is 35.9 Å². The van der Waals surface area contributed by atoms with Crippen LogP contribution in [0.1, 0.15) is 31.1 Å². The van der Waals surface area contributed by atoms with Crippen LogP contribution in [0, 0.1) is 5.82 Å². The molecule has 13 nitrogen and oxygen atoms in total. The van der Waals surface area contributed by atoms with Crippen LogP contribution in [0.3, 0.4) is 0 Å². The van der Waals surface area contributed by atoms with Crippen molar-refractivity contribution in [3.8, 4) is 5.88 Å². The Morgan fingerprint density at radius 2 is 1.97 bits per heavy atom. The number of alkyl carbamates (subject to hydrolysis) is 1. The number of carbonyl (C=O) groups is 2. The molecule has 0 spiro atoms. The van der Waals surface area contributed by atoms with Crippen molar-refractivity contribution in [1.29, 1.82) is 0 Å². The molecule has 5 N–H and O–H groups in total. The van der Waals surface area contributed by atoms with E-state index in [1.165, 1.54) is 6.20 Å². The summed E-state index contributed by atoms with van der Waals surface area (Å²) in [5.41, 5.74) is 5.12. The number of anilines is 3. The van der Waals surface area contributed by atoms with Crippen LogP contribution in [0.5, 0.6) is 5.88 Å². The number of carbonyl (C=O) groups excluding carboxylic acids is 2. The molecule has 0 aliphatic carbocycles. The minimum atomic E-state index is -0.874. The molecular weight excluding hydrogens is 511 g/mol. The number of primary amides is 1. The average molecular weight is 545 g/mol. The summed E-state index contributed by atoms with van der Waals surface area (Å²) < 4.78 is 32.5. The second-order valence-corrected chi connectivity index (χ2v) is 9.38. The highest BCUT2D eigenvalue weighted by Gasteiger charge is 2.21. The predicted molar refractivity (Wildman–Crippen MR) is 141 cm³/mol. The second-order valence-electron chi connectivity index (χ2n) is 9.38. The number of nitrogens with two attached hydrogens (primary N) is 1. The molecule has 0 aliphatic rings. The van der Waals surface area contributed by atoms with Gasteiger partial charge in [-0.3, -0.25) is 9.48 Å². The molecule has 210 valence electrons. The minimum Gasteiger partial charge on any atom is -0.475 e. The first-order chi connectivity index (χ1) is 18.5. The van der Waals surface area contributed by atoms with E-state index in [9.17, 15) is 9.59 Å². The van der Waals surface area contributed by atoms with Crippen molar-refractivity contribution in [2.45, 2.75) is 39.0 Å². The summed E-state index contributed by atoms with van der Waals surface area (Å²) in [7, 11) is 1.55. The normalized spacial score (nSPS) is 11.9. The van der Waals surface area contributed by atoms with Gasteiger partial charge in [0.1, 0.15) is 18.0 Å². The first-order valence-corrected chi connectivity index (χ1v) is 12.1. The Hall–Kier alpha value is -4.46. The molecular formula is C25H33FN8O5. The van der Waals surface area contributed by atoms with E-state index in [-0.39, 0.29) is 36.9 Å². The van der Waals surface area contributed by atoms with Crippen LogP contribution in [0.2, 0.25) is 0 Å². The molecule has 0 aromatic carbocycles. The van der Waals surface area contributed by atoms with E-state index in [0.717, 1.165) is 6.07 Å². The summed E-state index contributed by atoms with van der Waals surface area (Å²) in [6.45, 7) is 6.23. The summed E-state index contributed by atoms with van der Waals surface area (Å²) >= 11 is 0. The first-order valence-electron chi connectivity index (χ1n) is 12.1. The molecule has 0 aliphatic heterocycles. The Morgan fingerprint density at radius 3 is 2.64 bits per heavy atom. The third-order valence-electron chi connectivity index (χ3n) is 4.98. The number of pyridine rings is 2. The van der Waals surface area contributed by atoms with Crippen LogP contribution in [-0.2, 0) is 16.0 Å². The number of nitrogens with one attached hydrogen (secondary N) is 3. The number of methoxy groups -OCH3 is 1. The SMILES string of the molecule is COCCOc1cc(Nc2nc(N[C@@H](CNC(=O)OC(C)(C)C)Cn3cccn3)c(F)cc2C(N)=O)ccn1. The maximum atomic E-state index is 15.1. The van der Waals surface area contributed by atoms with Gasteiger partial charge in [0.15, 0.2) is 11.6 Å². The van der Waals surface area contributed by atoms with Crippen molar-refractivity contribution in [2.75, 3.05) is 37.5 Å². The van der Waals surface area contributed by atoms with Gasteiger partial charge in [-0.15, -0.1) is 0 Å². The Labute approximate surface area is 225 Å². The minimum absolute atomic E-state index is 0.0124. The largest absolute Gasteiger partial charge is 0.475 e. The smallest absolute Gasteiger partial charge is 0.407 e. The van der Waals surface area contributed by atoms with Gasteiger partial charge in [-0.1, -0.05) is 0 Å². The van der Waals surface area contributed by atoms with Gasteiger partial charge in [0, 0.05) is 44.0 Å². The zero-order valence-corrected chi connectivity index (χ0v) is 22.2. The highest BCUT2D eigenvalue weighted by atomic mass is 19.1. The molecule has 3 heterocycles. The van der Waals surface area contributed by atoms with Crippen molar-refractivity contribution >= 4 is 29.3 Å². The lowest BCUT2D eigenvalue weighted by Crippen LogP contribution is -2.41. The zero-order chi connectivity index (χ0) is 28.4. The van der Waals surface area contributed by atoms with Crippen LogP contribution in [-0.4, -0.2) is 70.3 Å². The van der Waals surface area contributed by atoms with Gasteiger partial charge in [0.25, 0.3) is 5.91 Å². The molecule has 0 radical (unpaired) electrons. The summed E-state index contributed by atoms with van der Waals surface area (Å²) in [5.74, 6) is -1.53. The number of nitrogens with zero attached hydrogens (tertiary/aromatic N) is 4. The van der Waals surface area contributed by atoms with Gasteiger partial charge in [-0.2, -0.15) is 5.10 Å². The van der Waals surface area contributed by atoms with Gasteiger partial charge in [-0.25, -0.2) is 19.2 Å². The lowest BCUT2D eigenvalue weighted by molar-refractivity contribution is 0.0524. The second kappa shape index (κ2) is 13.4. The van der Waals surface area contributed by atoms with Gasteiger partial charge in [0.2, 0.25) is 5.88 Å². The molecule has 0 saturated carbocycles. The van der Waals surface area contributed by atoms with E-state index >= 15 is 4.39 Å². The van der Waals surface area contributed by atoms with Crippen LogP contribution in [0.25, 0.3) is 0 Å². The molecule has 3 aromatic heterocycles. The standard InChI is InChI=1S/C25H33FN8O5/c1-25(2,3)39-24(36)29-14-17(15-34-9-5-7-30-34)32-23-19(26)13-18(21(27)35)22(33-23)31-16-6-8-28-20(12-16)38-11-10-37-4/h5-9,12-13,17H,10-11,14-15H2,1-4H3,(H2,27,35)(H,29,36)(H2,28,31,32,33)/t17-/m0/s1. The molecule has 0 fully saturated rings. The maximum Gasteiger partial charge on any atom is 0.407 e. The average Bonchev–Trinajstić information content (AvgIpc) is 3.37. The Kier molecular flexibility index (Phi) is 9.98. The molecule has 0 unspecified atom stereocenters. The zero-order valence-electron chi connectivity index (χ0n) is 22.2. The van der Waals surface area contributed by atoms with Gasteiger partial charge in [-0.05, 0) is 39.0 Å².